The molecule has 0 spiro atoms. The lowest BCUT2D eigenvalue weighted by atomic mass is 10.1. The number of thiazole rings is 1. The van der Waals surface area contributed by atoms with Crippen molar-refractivity contribution in [3.8, 4) is 17.0 Å². The Kier molecular flexibility index (Phi) is 3.41. The summed E-state index contributed by atoms with van der Waals surface area (Å²) in [6.45, 7) is 5.50. The van der Waals surface area contributed by atoms with Crippen molar-refractivity contribution in [1.29, 1.82) is 0 Å². The second-order valence-electron chi connectivity index (χ2n) is 4.78. The van der Waals surface area contributed by atoms with Crippen LogP contribution in [0.2, 0.25) is 0 Å². The summed E-state index contributed by atoms with van der Waals surface area (Å²) in [5, 5.41) is 12.6. The monoisotopic (exact) mass is 263 g/mol. The lowest BCUT2D eigenvalue weighted by Gasteiger charge is -2.12. The Morgan fingerprint density at radius 2 is 2.06 bits per heavy atom. The van der Waals surface area contributed by atoms with Crippen LogP contribution in [0.5, 0.6) is 5.75 Å². The molecule has 0 saturated heterocycles. The van der Waals surface area contributed by atoms with Gasteiger partial charge in [-0.25, -0.2) is 4.98 Å². The maximum absolute atomic E-state index is 9.91. The van der Waals surface area contributed by atoms with Crippen LogP contribution in [-0.2, 0) is 5.60 Å². The summed E-state index contributed by atoms with van der Waals surface area (Å²) < 4.78 is 5.24. The van der Waals surface area contributed by atoms with Gasteiger partial charge in [-0.15, -0.1) is 11.3 Å². The standard InChI is InChI=1S/C14H17NO2S/c1-9-7-10(5-6-12(9)17-4)11-8-18-13(15-11)14(2,3)16/h5-8,16H,1-4H3. The average molecular weight is 263 g/mol. The Balaban J connectivity index is 2.38. The molecule has 18 heavy (non-hydrogen) atoms. The van der Waals surface area contributed by atoms with Gasteiger partial charge in [0.2, 0.25) is 0 Å². The highest BCUT2D eigenvalue weighted by atomic mass is 32.1. The topological polar surface area (TPSA) is 42.4 Å². The third-order valence-electron chi connectivity index (χ3n) is 2.72. The zero-order valence-corrected chi connectivity index (χ0v) is 11.8. The van der Waals surface area contributed by atoms with Crippen molar-refractivity contribution in [2.45, 2.75) is 26.4 Å². The number of hydrogen-bond acceptors (Lipinski definition) is 4. The molecule has 4 heteroatoms. The zero-order chi connectivity index (χ0) is 13.3. The van der Waals surface area contributed by atoms with Crippen molar-refractivity contribution in [1.82, 2.24) is 4.98 Å². The van der Waals surface area contributed by atoms with Crippen molar-refractivity contribution in [2.75, 3.05) is 7.11 Å². The van der Waals surface area contributed by atoms with Gasteiger partial charge in [0.15, 0.2) is 0 Å². The van der Waals surface area contributed by atoms with Gasteiger partial charge in [-0.05, 0) is 44.5 Å². The predicted molar refractivity (Wildman–Crippen MR) is 74.1 cm³/mol. The van der Waals surface area contributed by atoms with Gasteiger partial charge < -0.3 is 9.84 Å². The first-order valence-electron chi connectivity index (χ1n) is 5.75. The lowest BCUT2D eigenvalue weighted by molar-refractivity contribution is 0.0783. The van der Waals surface area contributed by atoms with E-state index in [0.717, 1.165) is 27.6 Å². The van der Waals surface area contributed by atoms with Crippen LogP contribution in [0.25, 0.3) is 11.3 Å². The Bertz CT molecular complexity index is 555. The van der Waals surface area contributed by atoms with Gasteiger partial charge in [-0.3, -0.25) is 0 Å². The molecule has 2 rings (SSSR count). The van der Waals surface area contributed by atoms with Gasteiger partial charge in [-0.2, -0.15) is 0 Å². The summed E-state index contributed by atoms with van der Waals surface area (Å²) in [6.07, 6.45) is 0. The van der Waals surface area contributed by atoms with Gasteiger partial charge in [-0.1, -0.05) is 0 Å². The van der Waals surface area contributed by atoms with Gasteiger partial charge >= 0.3 is 0 Å². The number of methoxy groups -OCH3 is 1. The van der Waals surface area contributed by atoms with Gasteiger partial charge in [0.1, 0.15) is 16.4 Å². The van der Waals surface area contributed by atoms with E-state index in [1.807, 2.05) is 30.5 Å². The molecule has 1 aromatic carbocycles. The molecule has 0 fully saturated rings. The van der Waals surface area contributed by atoms with Crippen molar-refractivity contribution in [3.63, 3.8) is 0 Å². The Morgan fingerprint density at radius 1 is 1.33 bits per heavy atom. The molecule has 0 aliphatic heterocycles. The molecule has 0 amide bonds. The second kappa shape index (κ2) is 4.71. The molecule has 0 atom stereocenters. The minimum Gasteiger partial charge on any atom is -0.496 e. The normalized spacial score (nSPS) is 11.6. The predicted octanol–water partition coefficient (Wildman–Crippen LogP) is 3.35. The average Bonchev–Trinajstić information content (AvgIpc) is 2.77. The van der Waals surface area contributed by atoms with E-state index in [0.29, 0.717) is 0 Å². The van der Waals surface area contributed by atoms with E-state index < -0.39 is 5.60 Å². The summed E-state index contributed by atoms with van der Waals surface area (Å²) in [5.41, 5.74) is 2.13. The molecule has 0 radical (unpaired) electrons. The van der Waals surface area contributed by atoms with Crippen LogP contribution >= 0.6 is 11.3 Å². The highest BCUT2D eigenvalue weighted by Crippen LogP contribution is 2.30. The molecular formula is C14H17NO2S. The molecule has 0 saturated carbocycles. The number of rotatable bonds is 3. The van der Waals surface area contributed by atoms with Crippen LogP contribution < -0.4 is 4.74 Å². The zero-order valence-electron chi connectivity index (χ0n) is 11.0. The van der Waals surface area contributed by atoms with Gasteiger partial charge in [0.25, 0.3) is 0 Å². The van der Waals surface area contributed by atoms with Crippen molar-refractivity contribution in [3.05, 3.63) is 34.2 Å². The molecule has 2 aromatic rings. The SMILES string of the molecule is COc1ccc(-c2csc(C(C)(C)O)n2)cc1C. The minimum absolute atomic E-state index is 0.728. The van der Waals surface area contributed by atoms with Crippen LogP contribution in [0.4, 0.5) is 0 Å². The molecular weight excluding hydrogens is 246 g/mol. The Morgan fingerprint density at radius 3 is 2.56 bits per heavy atom. The maximum Gasteiger partial charge on any atom is 0.124 e. The molecule has 0 bridgehead atoms. The summed E-state index contributed by atoms with van der Waals surface area (Å²) in [6, 6.07) is 5.96. The van der Waals surface area contributed by atoms with Crippen molar-refractivity contribution < 1.29 is 9.84 Å². The molecule has 1 aromatic heterocycles. The number of aryl methyl sites for hydroxylation is 1. The lowest BCUT2D eigenvalue weighted by Crippen LogP contribution is -2.14. The van der Waals surface area contributed by atoms with Gasteiger partial charge in [0, 0.05) is 10.9 Å². The van der Waals surface area contributed by atoms with Crippen LogP contribution in [0.1, 0.15) is 24.4 Å². The summed E-state index contributed by atoms with van der Waals surface area (Å²) >= 11 is 1.47. The van der Waals surface area contributed by atoms with Crippen molar-refractivity contribution >= 4 is 11.3 Å². The van der Waals surface area contributed by atoms with Crippen molar-refractivity contribution in [2.24, 2.45) is 0 Å². The fourth-order valence-corrected chi connectivity index (χ4v) is 2.58. The molecule has 1 N–H and O–H groups in total. The first kappa shape index (κ1) is 13.1. The molecule has 0 unspecified atom stereocenters. The van der Waals surface area contributed by atoms with E-state index in [1.54, 1.807) is 21.0 Å². The number of nitrogens with zero attached hydrogens (tertiary/aromatic N) is 1. The first-order chi connectivity index (χ1) is 8.41. The fourth-order valence-electron chi connectivity index (χ4n) is 1.73. The smallest absolute Gasteiger partial charge is 0.124 e. The molecule has 96 valence electrons. The van der Waals surface area contributed by atoms with Crippen LogP contribution in [-0.4, -0.2) is 17.2 Å². The fraction of sp³-hybridized carbons (Fsp3) is 0.357. The summed E-state index contributed by atoms with van der Waals surface area (Å²) in [7, 11) is 1.66. The second-order valence-corrected chi connectivity index (χ2v) is 5.64. The van der Waals surface area contributed by atoms with E-state index in [9.17, 15) is 5.11 Å². The number of benzene rings is 1. The number of hydrogen-bond donors (Lipinski definition) is 1. The van der Waals surface area contributed by atoms with E-state index in [2.05, 4.69) is 4.98 Å². The third-order valence-corrected chi connectivity index (χ3v) is 3.87. The molecule has 1 heterocycles. The van der Waals surface area contributed by atoms with E-state index in [4.69, 9.17) is 4.74 Å². The largest absolute Gasteiger partial charge is 0.496 e. The summed E-state index contributed by atoms with van der Waals surface area (Å²) in [5.74, 6) is 0.872. The highest BCUT2D eigenvalue weighted by molar-refractivity contribution is 7.10. The minimum atomic E-state index is -0.884. The van der Waals surface area contributed by atoms with Gasteiger partial charge in [0.05, 0.1) is 12.8 Å². The molecule has 0 aliphatic carbocycles. The molecule has 3 nitrogen and oxygen atoms in total. The first-order valence-corrected chi connectivity index (χ1v) is 6.63. The van der Waals surface area contributed by atoms with Crippen LogP contribution in [0.3, 0.4) is 0 Å². The van der Waals surface area contributed by atoms with Crippen LogP contribution in [0, 0.1) is 6.92 Å². The Labute approximate surface area is 111 Å². The maximum atomic E-state index is 9.91. The highest BCUT2D eigenvalue weighted by Gasteiger charge is 2.20. The van der Waals surface area contributed by atoms with E-state index >= 15 is 0 Å². The third kappa shape index (κ3) is 2.54. The quantitative estimate of drug-likeness (QED) is 0.923. The molecule has 0 aliphatic rings. The summed E-state index contributed by atoms with van der Waals surface area (Å²) in [4.78, 5) is 4.48. The number of aliphatic hydroxyl groups is 1. The number of aromatic nitrogens is 1. The van der Waals surface area contributed by atoms with Crippen LogP contribution in [0.15, 0.2) is 23.6 Å². The number of ether oxygens (including phenoxy) is 1. The van der Waals surface area contributed by atoms with E-state index in [-0.39, 0.29) is 0 Å². The van der Waals surface area contributed by atoms with E-state index in [1.165, 1.54) is 11.3 Å². The Hall–Kier alpha value is -1.39.